The van der Waals surface area contributed by atoms with Crippen LogP contribution in [0.5, 0.6) is 5.75 Å². The molecule has 0 aliphatic heterocycles. The molecule has 2 rings (SSSR count). The van der Waals surface area contributed by atoms with Crippen LogP contribution in [0, 0.1) is 0 Å². The van der Waals surface area contributed by atoms with Crippen LogP contribution in [0.25, 0.3) is 0 Å². The van der Waals surface area contributed by atoms with E-state index in [0.717, 1.165) is 27.9 Å². The van der Waals surface area contributed by atoms with Crippen LogP contribution in [0.15, 0.2) is 40.9 Å². The second-order valence-electron chi connectivity index (χ2n) is 4.62. The largest absolute Gasteiger partial charge is 0.495 e. The zero-order valence-electron chi connectivity index (χ0n) is 11.8. The molecule has 0 aliphatic rings. The molecule has 1 atom stereocenters. The Morgan fingerprint density at radius 2 is 1.95 bits per heavy atom. The molecule has 0 radical (unpaired) electrons. The molecular formula is C16H16BrCl2NO. The molecule has 5 heteroatoms. The Morgan fingerprint density at radius 1 is 1.19 bits per heavy atom. The molecule has 2 aromatic rings. The molecule has 2 aromatic carbocycles. The highest BCUT2D eigenvalue weighted by molar-refractivity contribution is 9.10. The molecule has 112 valence electrons. The van der Waals surface area contributed by atoms with Crippen molar-refractivity contribution >= 4 is 44.8 Å². The van der Waals surface area contributed by atoms with Gasteiger partial charge in [0.2, 0.25) is 0 Å². The monoisotopic (exact) mass is 387 g/mol. The van der Waals surface area contributed by atoms with Gasteiger partial charge < -0.3 is 10.1 Å². The van der Waals surface area contributed by atoms with Gasteiger partial charge in [0.05, 0.1) is 17.6 Å². The summed E-state index contributed by atoms with van der Waals surface area (Å²) in [6.45, 7) is 2.11. The molecule has 0 spiro atoms. The lowest BCUT2D eigenvalue weighted by Gasteiger charge is -2.20. The number of rotatable bonds is 5. The van der Waals surface area contributed by atoms with Crippen molar-refractivity contribution in [1.29, 1.82) is 0 Å². The van der Waals surface area contributed by atoms with E-state index in [1.54, 1.807) is 13.2 Å². The molecule has 21 heavy (non-hydrogen) atoms. The summed E-state index contributed by atoms with van der Waals surface area (Å²) in [6, 6.07) is 11.6. The number of hydrogen-bond donors (Lipinski definition) is 1. The summed E-state index contributed by atoms with van der Waals surface area (Å²) in [5, 5.41) is 4.79. The van der Waals surface area contributed by atoms with Gasteiger partial charge in [0.15, 0.2) is 0 Å². The Bertz CT molecular complexity index is 634. The van der Waals surface area contributed by atoms with E-state index < -0.39 is 0 Å². The van der Waals surface area contributed by atoms with Gasteiger partial charge in [0, 0.05) is 21.8 Å². The minimum atomic E-state index is 0.112. The maximum Gasteiger partial charge on any atom is 0.135 e. The Balaban J connectivity index is 2.26. The van der Waals surface area contributed by atoms with Gasteiger partial charge in [0.25, 0.3) is 0 Å². The maximum atomic E-state index is 6.30. The van der Waals surface area contributed by atoms with E-state index in [-0.39, 0.29) is 6.04 Å². The molecule has 0 saturated heterocycles. The summed E-state index contributed by atoms with van der Waals surface area (Å²) in [7, 11) is 1.65. The lowest BCUT2D eigenvalue weighted by molar-refractivity contribution is 0.412. The van der Waals surface area contributed by atoms with Crippen molar-refractivity contribution < 1.29 is 4.74 Å². The highest BCUT2D eigenvalue weighted by Crippen LogP contribution is 2.33. The molecule has 0 amide bonds. The van der Waals surface area contributed by atoms with E-state index in [0.29, 0.717) is 10.0 Å². The van der Waals surface area contributed by atoms with E-state index in [1.807, 2.05) is 30.3 Å². The molecule has 0 heterocycles. The third kappa shape index (κ3) is 4.06. The van der Waals surface area contributed by atoms with E-state index in [1.165, 1.54) is 0 Å². The second-order valence-corrected chi connectivity index (χ2v) is 6.32. The van der Waals surface area contributed by atoms with Gasteiger partial charge in [0.1, 0.15) is 5.75 Å². The van der Waals surface area contributed by atoms with Gasteiger partial charge in [-0.15, -0.1) is 0 Å². The van der Waals surface area contributed by atoms with Crippen LogP contribution in [0.3, 0.4) is 0 Å². The van der Waals surface area contributed by atoms with Crippen LogP contribution >= 0.6 is 39.1 Å². The predicted octanol–water partition coefficient (Wildman–Crippen LogP) is 6.33. The first-order valence-corrected chi connectivity index (χ1v) is 8.15. The Kier molecular flexibility index (Phi) is 5.80. The number of benzene rings is 2. The van der Waals surface area contributed by atoms with Crippen molar-refractivity contribution in [3.63, 3.8) is 0 Å². The fraction of sp³-hybridized carbons (Fsp3) is 0.250. The Labute approximate surface area is 143 Å². The summed E-state index contributed by atoms with van der Waals surface area (Å²) in [5.41, 5.74) is 2.01. The van der Waals surface area contributed by atoms with Crippen LogP contribution in [0.4, 0.5) is 5.69 Å². The highest BCUT2D eigenvalue weighted by atomic mass is 79.9. The highest BCUT2D eigenvalue weighted by Gasteiger charge is 2.14. The molecule has 2 nitrogen and oxygen atoms in total. The van der Waals surface area contributed by atoms with Crippen LogP contribution in [-0.4, -0.2) is 7.11 Å². The average Bonchev–Trinajstić information content (AvgIpc) is 2.47. The van der Waals surface area contributed by atoms with Crippen molar-refractivity contribution in [3.05, 3.63) is 56.5 Å². The van der Waals surface area contributed by atoms with Crippen molar-refractivity contribution in [2.24, 2.45) is 0 Å². The molecule has 0 aromatic heterocycles. The van der Waals surface area contributed by atoms with Crippen molar-refractivity contribution in [3.8, 4) is 5.75 Å². The van der Waals surface area contributed by atoms with Crippen LogP contribution in [0.1, 0.15) is 24.9 Å². The van der Waals surface area contributed by atoms with E-state index >= 15 is 0 Å². The van der Waals surface area contributed by atoms with Gasteiger partial charge in [-0.3, -0.25) is 0 Å². The number of hydrogen-bond acceptors (Lipinski definition) is 2. The molecule has 0 bridgehead atoms. The predicted molar refractivity (Wildman–Crippen MR) is 93.8 cm³/mol. The first-order valence-electron chi connectivity index (χ1n) is 6.60. The summed E-state index contributed by atoms with van der Waals surface area (Å²) in [4.78, 5) is 0. The van der Waals surface area contributed by atoms with Crippen LogP contribution in [0.2, 0.25) is 10.0 Å². The van der Waals surface area contributed by atoms with Gasteiger partial charge >= 0.3 is 0 Å². The standard InChI is InChI=1S/C16H16BrCl2NO/c1-3-15(12-6-4-10(18)8-14(12)19)20-11-5-7-13(17)16(9-11)21-2/h4-9,15,20H,3H2,1-2H3. The zero-order valence-corrected chi connectivity index (χ0v) is 14.9. The Hall–Kier alpha value is -0.900. The minimum absolute atomic E-state index is 0.112. The van der Waals surface area contributed by atoms with E-state index in [9.17, 15) is 0 Å². The van der Waals surface area contributed by atoms with Crippen LogP contribution < -0.4 is 10.1 Å². The molecule has 0 saturated carbocycles. The third-order valence-electron chi connectivity index (χ3n) is 3.24. The first-order chi connectivity index (χ1) is 10.0. The number of methoxy groups -OCH3 is 1. The fourth-order valence-corrected chi connectivity index (χ4v) is 3.08. The third-order valence-corrected chi connectivity index (χ3v) is 4.46. The molecular weight excluding hydrogens is 373 g/mol. The topological polar surface area (TPSA) is 21.3 Å². The molecule has 0 aliphatic carbocycles. The van der Waals surface area contributed by atoms with Gasteiger partial charge in [-0.25, -0.2) is 0 Å². The zero-order chi connectivity index (χ0) is 15.4. The quantitative estimate of drug-likeness (QED) is 0.646. The average molecular weight is 389 g/mol. The lowest BCUT2D eigenvalue weighted by atomic mass is 10.0. The molecule has 1 N–H and O–H groups in total. The smallest absolute Gasteiger partial charge is 0.135 e. The SMILES string of the molecule is CCC(Nc1ccc(Br)c(OC)c1)c1ccc(Cl)cc1Cl. The molecule has 0 fully saturated rings. The van der Waals surface area contributed by atoms with E-state index in [2.05, 4.69) is 28.2 Å². The summed E-state index contributed by atoms with van der Waals surface area (Å²) in [5.74, 6) is 0.789. The normalized spacial score (nSPS) is 12.0. The van der Waals surface area contributed by atoms with Gasteiger partial charge in [-0.2, -0.15) is 0 Å². The summed E-state index contributed by atoms with van der Waals surface area (Å²) < 4.78 is 6.24. The Morgan fingerprint density at radius 3 is 2.57 bits per heavy atom. The van der Waals surface area contributed by atoms with Gasteiger partial charge in [-0.05, 0) is 52.2 Å². The molecule has 1 unspecified atom stereocenters. The van der Waals surface area contributed by atoms with Crippen molar-refractivity contribution in [2.75, 3.05) is 12.4 Å². The van der Waals surface area contributed by atoms with E-state index in [4.69, 9.17) is 27.9 Å². The lowest BCUT2D eigenvalue weighted by Crippen LogP contribution is -2.10. The van der Waals surface area contributed by atoms with Gasteiger partial charge in [-0.1, -0.05) is 36.2 Å². The minimum Gasteiger partial charge on any atom is -0.495 e. The summed E-state index contributed by atoms with van der Waals surface area (Å²) >= 11 is 15.7. The fourth-order valence-electron chi connectivity index (χ4n) is 2.13. The number of ether oxygens (including phenoxy) is 1. The van der Waals surface area contributed by atoms with Crippen LogP contribution in [-0.2, 0) is 0 Å². The maximum absolute atomic E-state index is 6.30. The number of anilines is 1. The number of halogens is 3. The van der Waals surface area contributed by atoms with Crippen molar-refractivity contribution in [1.82, 2.24) is 0 Å². The first kappa shape index (κ1) is 16.5. The van der Waals surface area contributed by atoms with Crippen molar-refractivity contribution in [2.45, 2.75) is 19.4 Å². The summed E-state index contributed by atoms with van der Waals surface area (Å²) in [6.07, 6.45) is 0.903. The number of nitrogens with one attached hydrogen (secondary N) is 1. The second kappa shape index (κ2) is 7.39.